The van der Waals surface area contributed by atoms with Gasteiger partial charge in [0.2, 0.25) is 0 Å². The number of guanidine groups is 1. The van der Waals surface area contributed by atoms with Crippen molar-refractivity contribution in [3.8, 4) is 5.75 Å². The normalized spacial score (nSPS) is 10.7. The van der Waals surface area contributed by atoms with E-state index < -0.39 is 0 Å². The lowest BCUT2D eigenvalue weighted by Gasteiger charge is -2.13. The second-order valence-corrected chi connectivity index (χ2v) is 6.84. The zero-order valence-corrected chi connectivity index (χ0v) is 20.0. The number of nitrogens with zero attached hydrogens (tertiary/aromatic N) is 2. The molecule has 0 spiro atoms. The number of aliphatic imine (C=N–C) groups is 1. The smallest absolute Gasteiger partial charge is 0.259 e. The van der Waals surface area contributed by atoms with Gasteiger partial charge in [-0.25, -0.2) is 4.99 Å². The first-order chi connectivity index (χ1) is 13.5. The van der Waals surface area contributed by atoms with Gasteiger partial charge in [0.1, 0.15) is 5.75 Å². The van der Waals surface area contributed by atoms with E-state index in [1.807, 2.05) is 55.5 Å². The summed E-state index contributed by atoms with van der Waals surface area (Å²) in [6.07, 6.45) is 0. The van der Waals surface area contributed by atoms with E-state index in [1.165, 1.54) is 4.90 Å². The van der Waals surface area contributed by atoms with Crippen LogP contribution in [0, 0.1) is 0 Å². The largest absolute Gasteiger partial charge is 0.484 e. The summed E-state index contributed by atoms with van der Waals surface area (Å²) in [5.74, 6) is 1.30. The van der Waals surface area contributed by atoms with Gasteiger partial charge in [-0.2, -0.15) is 0 Å². The first-order valence-corrected chi connectivity index (χ1v) is 9.54. The number of carbonyl (C=O) groups excluding carboxylic acids is 1. The molecule has 0 radical (unpaired) electrons. The summed E-state index contributed by atoms with van der Waals surface area (Å²) >= 11 is 6.02. The van der Waals surface area contributed by atoms with Crippen molar-refractivity contribution in [3.63, 3.8) is 0 Å². The Bertz CT molecular complexity index is 815. The van der Waals surface area contributed by atoms with Crippen LogP contribution in [0.1, 0.15) is 18.1 Å². The van der Waals surface area contributed by atoms with Crippen LogP contribution in [0.4, 0.5) is 0 Å². The van der Waals surface area contributed by atoms with Crippen molar-refractivity contribution in [1.82, 2.24) is 15.5 Å². The first kappa shape index (κ1) is 25.0. The number of nitrogens with one attached hydrogen (secondary N) is 2. The molecule has 29 heavy (non-hydrogen) atoms. The second kappa shape index (κ2) is 13.3. The number of likely N-dealkylation sites (N-methyl/N-ethyl adjacent to an activating group) is 1. The SMILES string of the molecule is CCNC(=NCc1cccc(Cl)c1)NCc1cccc(OCC(=O)N(C)C)c1.I. The average molecular weight is 531 g/mol. The molecule has 0 aliphatic carbocycles. The van der Waals surface area contributed by atoms with Gasteiger partial charge in [-0.1, -0.05) is 35.9 Å². The average Bonchev–Trinajstić information content (AvgIpc) is 2.68. The van der Waals surface area contributed by atoms with Gasteiger partial charge in [-0.15, -0.1) is 24.0 Å². The zero-order chi connectivity index (χ0) is 20.4. The Morgan fingerprint density at radius 2 is 1.83 bits per heavy atom. The number of halogens is 2. The molecule has 0 atom stereocenters. The monoisotopic (exact) mass is 530 g/mol. The number of carbonyl (C=O) groups is 1. The minimum Gasteiger partial charge on any atom is -0.484 e. The number of rotatable bonds is 8. The summed E-state index contributed by atoms with van der Waals surface area (Å²) < 4.78 is 5.56. The highest BCUT2D eigenvalue weighted by molar-refractivity contribution is 14.0. The maximum absolute atomic E-state index is 11.7. The molecule has 8 heteroatoms. The lowest BCUT2D eigenvalue weighted by atomic mass is 10.2. The van der Waals surface area contributed by atoms with E-state index >= 15 is 0 Å². The number of benzene rings is 2. The maximum atomic E-state index is 11.7. The van der Waals surface area contributed by atoms with Crippen molar-refractivity contribution in [2.75, 3.05) is 27.2 Å². The van der Waals surface area contributed by atoms with Crippen LogP contribution in [-0.4, -0.2) is 44.0 Å². The molecule has 6 nitrogen and oxygen atoms in total. The Kier molecular flexibility index (Phi) is 11.5. The molecule has 0 aromatic heterocycles. The van der Waals surface area contributed by atoms with Gasteiger partial charge in [-0.05, 0) is 42.3 Å². The Morgan fingerprint density at radius 1 is 1.10 bits per heavy atom. The van der Waals surface area contributed by atoms with Gasteiger partial charge in [0.05, 0.1) is 6.54 Å². The van der Waals surface area contributed by atoms with Crippen LogP contribution in [-0.2, 0) is 17.9 Å². The van der Waals surface area contributed by atoms with Crippen molar-refractivity contribution in [2.24, 2.45) is 4.99 Å². The van der Waals surface area contributed by atoms with Crippen LogP contribution in [0.3, 0.4) is 0 Å². The van der Waals surface area contributed by atoms with E-state index in [-0.39, 0.29) is 36.5 Å². The summed E-state index contributed by atoms with van der Waals surface area (Å²) in [5, 5.41) is 7.24. The van der Waals surface area contributed by atoms with Crippen molar-refractivity contribution in [1.29, 1.82) is 0 Å². The second-order valence-electron chi connectivity index (χ2n) is 6.40. The van der Waals surface area contributed by atoms with E-state index in [4.69, 9.17) is 16.3 Å². The third kappa shape index (κ3) is 9.36. The minimum absolute atomic E-state index is 0. The molecule has 0 saturated heterocycles. The molecule has 2 N–H and O–H groups in total. The molecule has 0 unspecified atom stereocenters. The van der Waals surface area contributed by atoms with E-state index in [0.29, 0.717) is 23.9 Å². The lowest BCUT2D eigenvalue weighted by molar-refractivity contribution is -0.130. The summed E-state index contributed by atoms with van der Waals surface area (Å²) in [4.78, 5) is 17.8. The quantitative estimate of drug-likeness (QED) is 0.310. The van der Waals surface area contributed by atoms with Crippen molar-refractivity contribution in [3.05, 3.63) is 64.7 Å². The van der Waals surface area contributed by atoms with Crippen LogP contribution >= 0.6 is 35.6 Å². The Labute approximate surface area is 194 Å². The lowest BCUT2D eigenvalue weighted by Crippen LogP contribution is -2.36. The van der Waals surface area contributed by atoms with Crippen LogP contribution in [0.25, 0.3) is 0 Å². The van der Waals surface area contributed by atoms with E-state index in [1.54, 1.807) is 14.1 Å². The van der Waals surface area contributed by atoms with Gasteiger partial charge in [0.15, 0.2) is 12.6 Å². The highest BCUT2D eigenvalue weighted by Gasteiger charge is 2.06. The fraction of sp³-hybridized carbons (Fsp3) is 0.333. The molecule has 0 heterocycles. The molecule has 0 bridgehead atoms. The zero-order valence-electron chi connectivity index (χ0n) is 16.9. The molecule has 1 amide bonds. The predicted octanol–water partition coefficient (Wildman–Crippen LogP) is 3.68. The number of hydrogen-bond acceptors (Lipinski definition) is 3. The topological polar surface area (TPSA) is 66.0 Å². The van der Waals surface area contributed by atoms with Gasteiger partial charge < -0.3 is 20.3 Å². The van der Waals surface area contributed by atoms with E-state index in [0.717, 1.165) is 23.6 Å². The van der Waals surface area contributed by atoms with Crippen molar-refractivity contribution < 1.29 is 9.53 Å². The Balaban J connectivity index is 0.00000420. The first-order valence-electron chi connectivity index (χ1n) is 9.16. The fourth-order valence-electron chi connectivity index (χ4n) is 2.35. The molecule has 158 valence electrons. The summed E-state index contributed by atoms with van der Waals surface area (Å²) in [7, 11) is 3.41. The molecule has 0 fully saturated rings. The Morgan fingerprint density at radius 3 is 2.52 bits per heavy atom. The molecule has 2 aromatic carbocycles. The molecule has 2 rings (SSSR count). The van der Waals surface area contributed by atoms with E-state index in [2.05, 4.69) is 15.6 Å². The molecule has 0 aliphatic rings. The van der Waals surface area contributed by atoms with E-state index in [9.17, 15) is 4.79 Å². The molecule has 0 saturated carbocycles. The molecule has 0 aliphatic heterocycles. The third-order valence-electron chi connectivity index (χ3n) is 3.87. The number of ether oxygens (including phenoxy) is 1. The van der Waals surface area contributed by atoms with Crippen LogP contribution in [0.15, 0.2) is 53.5 Å². The minimum atomic E-state index is -0.0777. The van der Waals surface area contributed by atoms with Gasteiger partial charge in [-0.3, -0.25) is 4.79 Å². The molecular weight excluding hydrogens is 503 g/mol. The van der Waals surface area contributed by atoms with Crippen molar-refractivity contribution >= 4 is 47.4 Å². The highest BCUT2D eigenvalue weighted by atomic mass is 127. The maximum Gasteiger partial charge on any atom is 0.259 e. The summed E-state index contributed by atoms with van der Waals surface area (Å²) in [6, 6.07) is 15.3. The predicted molar refractivity (Wildman–Crippen MR) is 129 cm³/mol. The van der Waals surface area contributed by atoms with Crippen LogP contribution in [0.5, 0.6) is 5.75 Å². The van der Waals surface area contributed by atoms with Crippen molar-refractivity contribution in [2.45, 2.75) is 20.0 Å². The summed E-state index contributed by atoms with van der Waals surface area (Å²) in [5.41, 5.74) is 2.08. The summed E-state index contributed by atoms with van der Waals surface area (Å²) in [6.45, 7) is 3.92. The van der Waals surface area contributed by atoms with Gasteiger partial charge in [0, 0.05) is 32.2 Å². The standard InChI is InChI=1S/C21H27ClN4O2.HI/c1-4-23-21(24-13-16-7-5-9-18(22)11-16)25-14-17-8-6-10-19(12-17)28-15-20(27)26(2)3;/h5-12H,4,13-15H2,1-3H3,(H2,23,24,25);1H. The van der Waals surface area contributed by atoms with Crippen LogP contribution < -0.4 is 15.4 Å². The number of hydrogen-bond donors (Lipinski definition) is 2. The number of amides is 1. The Hall–Kier alpha value is -2.00. The fourth-order valence-corrected chi connectivity index (χ4v) is 2.57. The van der Waals surface area contributed by atoms with Gasteiger partial charge >= 0.3 is 0 Å². The molecule has 2 aromatic rings. The van der Waals surface area contributed by atoms with Crippen LogP contribution in [0.2, 0.25) is 5.02 Å². The third-order valence-corrected chi connectivity index (χ3v) is 4.11. The van der Waals surface area contributed by atoms with Gasteiger partial charge in [0.25, 0.3) is 5.91 Å². The highest BCUT2D eigenvalue weighted by Crippen LogP contribution is 2.14. The molecular formula is C21H28ClIN4O2.